The largest absolute Gasteiger partial charge is 0.486 e. The van der Waals surface area contributed by atoms with E-state index in [0.717, 1.165) is 16.5 Å². The van der Waals surface area contributed by atoms with E-state index in [9.17, 15) is 9.18 Å². The Bertz CT molecular complexity index is 942. The van der Waals surface area contributed by atoms with Gasteiger partial charge in [-0.15, -0.1) is 11.3 Å². The predicted molar refractivity (Wildman–Crippen MR) is 114 cm³/mol. The van der Waals surface area contributed by atoms with Crippen molar-refractivity contribution in [3.05, 3.63) is 81.0 Å². The maximum Gasteiger partial charge on any atom is 0.254 e. The van der Waals surface area contributed by atoms with E-state index >= 15 is 0 Å². The number of aromatic nitrogens is 1. The highest BCUT2D eigenvalue weighted by molar-refractivity contribution is 7.09. The van der Waals surface area contributed by atoms with Gasteiger partial charge in [-0.2, -0.15) is 0 Å². The van der Waals surface area contributed by atoms with Gasteiger partial charge in [0.1, 0.15) is 23.2 Å². The van der Waals surface area contributed by atoms with Crippen molar-refractivity contribution < 1.29 is 13.9 Å². The van der Waals surface area contributed by atoms with Crippen molar-refractivity contribution in [2.24, 2.45) is 5.92 Å². The van der Waals surface area contributed by atoms with E-state index in [1.807, 2.05) is 17.5 Å². The lowest BCUT2D eigenvalue weighted by molar-refractivity contribution is 0.0720. The molecule has 3 aromatic rings. The highest BCUT2D eigenvalue weighted by Crippen LogP contribution is 2.19. The Labute approximate surface area is 178 Å². The molecule has 0 aliphatic heterocycles. The number of hydrogen-bond donors (Lipinski definition) is 0. The smallest absolute Gasteiger partial charge is 0.254 e. The van der Waals surface area contributed by atoms with Crippen molar-refractivity contribution in [1.29, 1.82) is 0 Å². The molecular formula is C22H22ClFN2O2S. The monoisotopic (exact) mass is 432 g/mol. The van der Waals surface area contributed by atoms with Crippen LogP contribution in [0.5, 0.6) is 5.75 Å². The fourth-order valence-electron chi connectivity index (χ4n) is 2.79. The first-order valence-electron chi connectivity index (χ1n) is 9.27. The molecule has 152 valence electrons. The van der Waals surface area contributed by atoms with Gasteiger partial charge in [0, 0.05) is 22.5 Å². The Morgan fingerprint density at radius 2 is 1.86 bits per heavy atom. The second-order valence-corrected chi connectivity index (χ2v) is 8.44. The number of amides is 1. The molecule has 2 aromatic carbocycles. The van der Waals surface area contributed by atoms with Crippen LogP contribution < -0.4 is 4.74 Å². The molecule has 0 unspecified atom stereocenters. The number of ether oxygens (including phenoxy) is 1. The van der Waals surface area contributed by atoms with Crippen molar-refractivity contribution >= 4 is 28.8 Å². The minimum atomic E-state index is -0.359. The molecule has 29 heavy (non-hydrogen) atoms. The molecule has 0 saturated heterocycles. The van der Waals surface area contributed by atoms with Crippen molar-refractivity contribution in [2.45, 2.75) is 27.0 Å². The Morgan fingerprint density at radius 3 is 2.52 bits per heavy atom. The number of rotatable bonds is 8. The summed E-state index contributed by atoms with van der Waals surface area (Å²) < 4.78 is 18.9. The summed E-state index contributed by atoms with van der Waals surface area (Å²) in [5.74, 6) is 0.525. The first kappa shape index (κ1) is 21.3. The van der Waals surface area contributed by atoms with E-state index < -0.39 is 0 Å². The molecule has 1 aromatic heterocycles. The van der Waals surface area contributed by atoms with Crippen LogP contribution in [0.1, 0.15) is 34.9 Å². The summed E-state index contributed by atoms with van der Waals surface area (Å²) in [5.41, 5.74) is 1.27. The van der Waals surface area contributed by atoms with Gasteiger partial charge < -0.3 is 9.64 Å². The zero-order valence-corrected chi connectivity index (χ0v) is 17.8. The summed E-state index contributed by atoms with van der Waals surface area (Å²) in [5, 5.41) is 3.42. The van der Waals surface area contributed by atoms with Crippen LogP contribution in [0, 0.1) is 11.7 Å². The van der Waals surface area contributed by atoms with E-state index in [1.165, 1.54) is 35.6 Å². The van der Waals surface area contributed by atoms with E-state index in [-0.39, 0.29) is 11.7 Å². The third kappa shape index (κ3) is 6.27. The van der Waals surface area contributed by atoms with Crippen LogP contribution in [0.3, 0.4) is 0 Å². The van der Waals surface area contributed by atoms with Gasteiger partial charge in [-0.1, -0.05) is 25.4 Å². The highest BCUT2D eigenvalue weighted by Gasteiger charge is 2.19. The van der Waals surface area contributed by atoms with Crippen LogP contribution in [0.25, 0.3) is 0 Å². The molecular weight excluding hydrogens is 411 g/mol. The van der Waals surface area contributed by atoms with Crippen molar-refractivity contribution in [2.75, 3.05) is 6.54 Å². The number of halogens is 2. The number of hydrogen-bond acceptors (Lipinski definition) is 4. The lowest BCUT2D eigenvalue weighted by atomic mass is 10.1. The molecule has 0 aliphatic rings. The molecule has 0 radical (unpaired) electrons. The molecule has 1 amide bonds. The van der Waals surface area contributed by atoms with Gasteiger partial charge in [-0.05, 0) is 54.4 Å². The van der Waals surface area contributed by atoms with Gasteiger partial charge in [0.25, 0.3) is 5.91 Å². The molecule has 0 N–H and O–H groups in total. The van der Waals surface area contributed by atoms with Gasteiger partial charge >= 0.3 is 0 Å². The predicted octanol–water partition coefficient (Wildman–Crippen LogP) is 5.81. The number of carbonyl (C=O) groups excluding carboxylic acids is 1. The number of carbonyl (C=O) groups is 1. The fourth-order valence-corrected chi connectivity index (χ4v) is 3.62. The van der Waals surface area contributed by atoms with Crippen LogP contribution in [0.2, 0.25) is 5.02 Å². The standard InChI is InChI=1S/C22H22ClFN2O2S/c1-15(2)11-26(22(27)16-3-7-18(24)8-4-16)12-19-14-29-21(25-19)13-28-20-9-5-17(23)6-10-20/h3-10,14-15H,11-13H2,1-2H3. The first-order valence-corrected chi connectivity index (χ1v) is 10.5. The molecule has 0 spiro atoms. The molecule has 0 atom stereocenters. The second kappa shape index (κ2) is 9.85. The quantitative estimate of drug-likeness (QED) is 0.451. The maximum atomic E-state index is 13.2. The zero-order valence-electron chi connectivity index (χ0n) is 16.3. The average Bonchev–Trinajstić information content (AvgIpc) is 3.14. The Balaban J connectivity index is 1.65. The summed E-state index contributed by atoms with van der Waals surface area (Å²) in [4.78, 5) is 19.2. The van der Waals surface area contributed by atoms with Crippen molar-refractivity contribution in [3.8, 4) is 5.75 Å². The molecule has 0 saturated carbocycles. The molecule has 4 nitrogen and oxygen atoms in total. The Kier molecular flexibility index (Phi) is 7.23. The van der Waals surface area contributed by atoms with E-state index in [4.69, 9.17) is 16.3 Å². The van der Waals surface area contributed by atoms with Crippen LogP contribution in [0.4, 0.5) is 4.39 Å². The van der Waals surface area contributed by atoms with Crippen molar-refractivity contribution in [1.82, 2.24) is 9.88 Å². The number of benzene rings is 2. The van der Waals surface area contributed by atoms with Gasteiger partial charge in [0.15, 0.2) is 0 Å². The summed E-state index contributed by atoms with van der Waals surface area (Å²) in [6.07, 6.45) is 0. The maximum absolute atomic E-state index is 13.2. The van der Waals surface area contributed by atoms with E-state index in [1.54, 1.807) is 17.0 Å². The second-order valence-electron chi connectivity index (χ2n) is 7.06. The minimum Gasteiger partial charge on any atom is -0.486 e. The van der Waals surface area contributed by atoms with Gasteiger partial charge in [0.05, 0.1) is 12.2 Å². The average molecular weight is 433 g/mol. The topological polar surface area (TPSA) is 42.4 Å². The lowest BCUT2D eigenvalue weighted by Crippen LogP contribution is -2.33. The van der Waals surface area contributed by atoms with Gasteiger partial charge in [-0.25, -0.2) is 9.37 Å². The highest BCUT2D eigenvalue weighted by atomic mass is 35.5. The zero-order chi connectivity index (χ0) is 20.8. The summed E-state index contributed by atoms with van der Waals surface area (Å²) >= 11 is 7.37. The normalized spacial score (nSPS) is 10.9. The summed E-state index contributed by atoms with van der Waals surface area (Å²) in [6.45, 7) is 5.44. The molecule has 1 heterocycles. The Hall–Kier alpha value is -2.44. The molecule has 7 heteroatoms. The summed E-state index contributed by atoms with van der Waals surface area (Å²) in [6, 6.07) is 12.8. The molecule has 0 fully saturated rings. The first-order chi connectivity index (χ1) is 13.9. The Morgan fingerprint density at radius 1 is 1.17 bits per heavy atom. The molecule has 0 bridgehead atoms. The van der Waals surface area contributed by atoms with E-state index in [0.29, 0.717) is 36.2 Å². The van der Waals surface area contributed by atoms with Gasteiger partial charge in [-0.3, -0.25) is 4.79 Å². The third-order valence-electron chi connectivity index (χ3n) is 4.09. The minimum absolute atomic E-state index is 0.134. The van der Waals surface area contributed by atoms with Crippen LogP contribution in [-0.2, 0) is 13.2 Å². The summed E-state index contributed by atoms with van der Waals surface area (Å²) in [7, 11) is 0. The van der Waals surface area contributed by atoms with Crippen molar-refractivity contribution in [3.63, 3.8) is 0 Å². The fraction of sp³-hybridized carbons (Fsp3) is 0.273. The molecule has 0 aliphatic carbocycles. The van der Waals surface area contributed by atoms with Crippen LogP contribution in [-0.4, -0.2) is 22.3 Å². The van der Waals surface area contributed by atoms with Crippen LogP contribution in [0.15, 0.2) is 53.9 Å². The third-order valence-corrected chi connectivity index (χ3v) is 5.22. The number of nitrogens with zero attached hydrogens (tertiary/aromatic N) is 2. The SMILES string of the molecule is CC(C)CN(Cc1csc(COc2ccc(Cl)cc2)n1)C(=O)c1ccc(F)cc1. The van der Waals surface area contributed by atoms with E-state index in [2.05, 4.69) is 18.8 Å². The molecule has 3 rings (SSSR count). The number of thiazole rings is 1. The van der Waals surface area contributed by atoms with Crippen LogP contribution >= 0.6 is 22.9 Å². The van der Waals surface area contributed by atoms with Gasteiger partial charge in [0.2, 0.25) is 0 Å². The lowest BCUT2D eigenvalue weighted by Gasteiger charge is -2.24.